The molecule has 1 fully saturated rings. The quantitative estimate of drug-likeness (QED) is 0.664. The molecule has 0 saturated carbocycles. The van der Waals surface area contributed by atoms with Crippen molar-refractivity contribution >= 4 is 16.9 Å². The van der Waals surface area contributed by atoms with Crippen molar-refractivity contribution < 1.29 is 18.3 Å². The number of fused-ring (bicyclic) bond motifs is 2. The minimum absolute atomic E-state index is 0.00827. The Bertz CT molecular complexity index is 1170. The van der Waals surface area contributed by atoms with Crippen molar-refractivity contribution in [2.45, 2.75) is 6.04 Å². The second-order valence-corrected chi connectivity index (χ2v) is 7.55. The first-order chi connectivity index (χ1) is 14.6. The molecule has 0 unspecified atom stereocenters. The van der Waals surface area contributed by atoms with Crippen LogP contribution in [0.4, 0.5) is 4.39 Å². The van der Waals surface area contributed by atoms with Crippen molar-refractivity contribution in [3.63, 3.8) is 0 Å². The molecule has 1 aromatic heterocycles. The molecule has 5 rings (SSSR count). The van der Waals surface area contributed by atoms with Gasteiger partial charge in [0.1, 0.15) is 11.4 Å². The third kappa shape index (κ3) is 3.11. The fourth-order valence-corrected chi connectivity index (χ4v) is 4.29. The highest BCUT2D eigenvalue weighted by molar-refractivity contribution is 5.99. The molecule has 0 spiro atoms. The Morgan fingerprint density at radius 3 is 2.50 bits per heavy atom. The minimum Gasteiger partial charge on any atom is -0.450 e. The number of morpholine rings is 1. The maximum atomic E-state index is 14.8. The Morgan fingerprint density at radius 2 is 1.70 bits per heavy atom. The van der Waals surface area contributed by atoms with Crippen molar-refractivity contribution in [3.05, 3.63) is 81.5 Å². The lowest BCUT2D eigenvalue weighted by molar-refractivity contribution is 0.0314. The molecule has 0 N–H and O–H groups in total. The summed E-state index contributed by atoms with van der Waals surface area (Å²) in [7, 11) is 0. The van der Waals surface area contributed by atoms with Gasteiger partial charge in [0.25, 0.3) is 5.91 Å². The summed E-state index contributed by atoms with van der Waals surface area (Å²) < 4.78 is 26.0. The van der Waals surface area contributed by atoms with E-state index in [9.17, 15) is 14.0 Å². The number of ether oxygens (including phenoxy) is 1. The van der Waals surface area contributed by atoms with E-state index in [1.54, 1.807) is 47.4 Å². The van der Waals surface area contributed by atoms with E-state index < -0.39 is 11.9 Å². The van der Waals surface area contributed by atoms with E-state index in [2.05, 4.69) is 4.90 Å². The number of para-hydroxylation sites is 1. The van der Waals surface area contributed by atoms with E-state index in [-0.39, 0.29) is 22.7 Å². The highest BCUT2D eigenvalue weighted by Gasteiger charge is 2.43. The monoisotopic (exact) mass is 408 g/mol. The molecule has 7 heteroatoms. The van der Waals surface area contributed by atoms with Crippen LogP contribution in [-0.2, 0) is 4.74 Å². The van der Waals surface area contributed by atoms with Crippen LogP contribution in [0.15, 0.2) is 57.7 Å². The molecule has 2 aliphatic heterocycles. The van der Waals surface area contributed by atoms with Gasteiger partial charge in [-0.15, -0.1) is 0 Å². The molecule has 1 atom stereocenters. The first-order valence-corrected chi connectivity index (χ1v) is 10.1. The van der Waals surface area contributed by atoms with E-state index in [4.69, 9.17) is 9.15 Å². The van der Waals surface area contributed by atoms with Crippen LogP contribution in [0, 0.1) is 5.82 Å². The van der Waals surface area contributed by atoms with E-state index in [1.807, 2.05) is 0 Å². The van der Waals surface area contributed by atoms with Crippen LogP contribution < -0.4 is 5.43 Å². The molecule has 0 aliphatic carbocycles. The molecule has 0 radical (unpaired) electrons. The fraction of sp³-hybridized carbons (Fsp3) is 0.304. The van der Waals surface area contributed by atoms with Crippen molar-refractivity contribution in [2.75, 3.05) is 39.4 Å². The molecule has 30 heavy (non-hydrogen) atoms. The summed E-state index contributed by atoms with van der Waals surface area (Å²) in [5.74, 6) is -0.824. The zero-order valence-corrected chi connectivity index (χ0v) is 16.3. The molecule has 3 aromatic rings. The summed E-state index contributed by atoms with van der Waals surface area (Å²) in [6, 6.07) is 12.3. The van der Waals surface area contributed by atoms with Crippen molar-refractivity contribution in [2.24, 2.45) is 0 Å². The first-order valence-electron chi connectivity index (χ1n) is 10.1. The highest BCUT2D eigenvalue weighted by atomic mass is 19.1. The molecular formula is C23H21FN2O4. The Morgan fingerprint density at radius 1 is 0.967 bits per heavy atom. The Hall–Kier alpha value is -3.03. The lowest BCUT2D eigenvalue weighted by Crippen LogP contribution is -2.42. The molecule has 0 bridgehead atoms. The predicted octanol–water partition coefficient (Wildman–Crippen LogP) is 2.81. The normalized spacial score (nSPS) is 19.4. The standard InChI is InChI=1S/C23H21FN2O4/c24-17-7-3-1-5-15(17)20-19-21(27)16-6-2-4-8-18(16)30-22(19)23(28)26(20)10-9-25-11-13-29-14-12-25/h1-8,20H,9-14H2/t20-/m1/s1. The van der Waals surface area contributed by atoms with Crippen LogP contribution in [-0.4, -0.2) is 55.1 Å². The second kappa shape index (κ2) is 7.66. The van der Waals surface area contributed by atoms with Crippen LogP contribution in [0.1, 0.15) is 27.7 Å². The molecular weight excluding hydrogens is 387 g/mol. The third-order valence-electron chi connectivity index (χ3n) is 5.83. The van der Waals surface area contributed by atoms with Crippen LogP contribution in [0.5, 0.6) is 0 Å². The topological polar surface area (TPSA) is 63.0 Å². The van der Waals surface area contributed by atoms with E-state index in [0.717, 1.165) is 13.1 Å². The number of nitrogens with zero attached hydrogens (tertiary/aromatic N) is 2. The number of benzene rings is 2. The number of hydrogen-bond donors (Lipinski definition) is 0. The van der Waals surface area contributed by atoms with Crippen molar-refractivity contribution in [1.29, 1.82) is 0 Å². The van der Waals surface area contributed by atoms with Crippen LogP contribution in [0.25, 0.3) is 11.0 Å². The van der Waals surface area contributed by atoms with Crippen LogP contribution in [0.3, 0.4) is 0 Å². The van der Waals surface area contributed by atoms with Gasteiger partial charge in [-0.1, -0.05) is 30.3 Å². The number of amides is 1. The molecule has 154 valence electrons. The second-order valence-electron chi connectivity index (χ2n) is 7.55. The molecule has 2 aliphatic rings. The third-order valence-corrected chi connectivity index (χ3v) is 5.83. The summed E-state index contributed by atoms with van der Waals surface area (Å²) in [4.78, 5) is 30.4. The fourth-order valence-electron chi connectivity index (χ4n) is 4.29. The Kier molecular flexibility index (Phi) is 4.84. The summed E-state index contributed by atoms with van der Waals surface area (Å²) in [5.41, 5.74) is 0.583. The molecule has 3 heterocycles. The maximum absolute atomic E-state index is 14.8. The molecule has 2 aromatic carbocycles. The number of carbonyl (C=O) groups is 1. The largest absolute Gasteiger partial charge is 0.450 e. The predicted molar refractivity (Wildman–Crippen MR) is 109 cm³/mol. The maximum Gasteiger partial charge on any atom is 0.290 e. The van der Waals surface area contributed by atoms with E-state index >= 15 is 0 Å². The number of hydrogen-bond acceptors (Lipinski definition) is 5. The van der Waals surface area contributed by atoms with Crippen molar-refractivity contribution in [3.8, 4) is 0 Å². The summed E-state index contributed by atoms with van der Waals surface area (Å²) in [6.45, 7) is 3.83. The molecule has 6 nitrogen and oxygen atoms in total. The van der Waals surface area contributed by atoms with Gasteiger partial charge in [-0.3, -0.25) is 14.5 Å². The van der Waals surface area contributed by atoms with Gasteiger partial charge in [-0.25, -0.2) is 4.39 Å². The molecule has 1 amide bonds. The lowest BCUT2D eigenvalue weighted by atomic mass is 9.98. The number of carbonyl (C=O) groups excluding carboxylic acids is 1. The van der Waals surface area contributed by atoms with Crippen LogP contribution in [0.2, 0.25) is 0 Å². The smallest absolute Gasteiger partial charge is 0.290 e. The summed E-state index contributed by atoms with van der Waals surface area (Å²) in [6.07, 6.45) is 0. The number of halogens is 1. The van der Waals surface area contributed by atoms with Gasteiger partial charge in [-0.05, 0) is 18.2 Å². The van der Waals surface area contributed by atoms with Gasteiger partial charge in [0.05, 0.1) is 30.2 Å². The Balaban J connectivity index is 1.61. The van der Waals surface area contributed by atoms with Crippen LogP contribution >= 0.6 is 0 Å². The molecule has 1 saturated heterocycles. The van der Waals surface area contributed by atoms with Gasteiger partial charge in [0, 0.05) is 31.7 Å². The SMILES string of the molecule is O=C1c2oc3ccccc3c(=O)c2[C@@H](c2ccccc2F)N1CCN1CCOCC1. The zero-order chi connectivity index (χ0) is 20.7. The zero-order valence-electron chi connectivity index (χ0n) is 16.3. The minimum atomic E-state index is -0.810. The average Bonchev–Trinajstić information content (AvgIpc) is 3.05. The van der Waals surface area contributed by atoms with E-state index in [0.29, 0.717) is 42.8 Å². The van der Waals surface area contributed by atoms with Gasteiger partial charge < -0.3 is 14.1 Å². The average molecular weight is 408 g/mol. The van der Waals surface area contributed by atoms with Crippen molar-refractivity contribution in [1.82, 2.24) is 9.80 Å². The summed E-state index contributed by atoms with van der Waals surface area (Å²) in [5, 5.41) is 0.389. The lowest BCUT2D eigenvalue weighted by Gasteiger charge is -2.31. The Labute approximate surface area is 172 Å². The van der Waals surface area contributed by atoms with Gasteiger partial charge >= 0.3 is 0 Å². The number of rotatable bonds is 4. The van der Waals surface area contributed by atoms with Gasteiger partial charge in [-0.2, -0.15) is 0 Å². The van der Waals surface area contributed by atoms with E-state index in [1.165, 1.54) is 6.07 Å². The highest BCUT2D eigenvalue weighted by Crippen LogP contribution is 2.38. The first kappa shape index (κ1) is 19.0. The van der Waals surface area contributed by atoms with Gasteiger partial charge in [0.15, 0.2) is 5.43 Å². The summed E-state index contributed by atoms with van der Waals surface area (Å²) >= 11 is 0. The van der Waals surface area contributed by atoms with Gasteiger partial charge in [0.2, 0.25) is 5.76 Å².